The molecule has 2 aliphatic rings. The molecule has 4 rings (SSSR count). The monoisotopic (exact) mass is 640 g/mol. The lowest BCUT2D eigenvalue weighted by molar-refractivity contribution is 0.00578. The van der Waals surface area contributed by atoms with E-state index in [9.17, 15) is 5.11 Å². The molecule has 240 valence electrons. The van der Waals surface area contributed by atoms with E-state index >= 15 is 0 Å². The quantitative estimate of drug-likeness (QED) is 0.327. The van der Waals surface area contributed by atoms with Crippen LogP contribution in [0.1, 0.15) is 94.5 Å². The summed E-state index contributed by atoms with van der Waals surface area (Å²) in [4.78, 5) is 8.89. The lowest BCUT2D eigenvalue weighted by atomic mass is 9.80. The first kappa shape index (κ1) is 37.9. The molecule has 0 bridgehead atoms. The Balaban J connectivity index is 0.000000298. The second-order valence-electron chi connectivity index (χ2n) is 15.4. The third-order valence-corrected chi connectivity index (χ3v) is 9.55. The lowest BCUT2D eigenvalue weighted by Crippen LogP contribution is -2.41. The molecule has 0 amide bonds. The normalized spacial score (nSPS) is 20.7. The van der Waals surface area contributed by atoms with E-state index < -0.39 is 21.0 Å². The van der Waals surface area contributed by atoms with Crippen molar-refractivity contribution < 1.29 is 28.1 Å². The Morgan fingerprint density at radius 2 is 0.977 bits per heavy atom. The summed E-state index contributed by atoms with van der Waals surface area (Å²) in [6.45, 7) is 30.4. The molecule has 0 atom stereocenters. The molecule has 0 radical (unpaired) electrons. The summed E-state index contributed by atoms with van der Waals surface area (Å²) in [6, 6.07) is 7.74. The van der Waals surface area contributed by atoms with Crippen molar-refractivity contribution in [3.05, 3.63) is 48.0 Å². The molecule has 4 heterocycles. The first-order valence-electron chi connectivity index (χ1n) is 14.8. The third-order valence-electron chi connectivity index (χ3n) is 8.43. The maximum absolute atomic E-state index is 9.89. The summed E-state index contributed by atoms with van der Waals surface area (Å²) in [5, 5.41) is 9.89. The van der Waals surface area contributed by atoms with Gasteiger partial charge in [-0.25, -0.2) is 0 Å². The predicted octanol–water partition coefficient (Wildman–Crippen LogP) is 5.50. The van der Waals surface area contributed by atoms with Gasteiger partial charge in [0.2, 0.25) is 0 Å². The van der Waals surface area contributed by atoms with E-state index in [4.69, 9.17) is 23.0 Å². The molecule has 12 heteroatoms. The Labute approximate surface area is 267 Å². The molecule has 2 aliphatic heterocycles. The average Bonchev–Trinajstić information content (AvgIpc) is 3.17. The molecular formula is C31H53B2ClN2O6Si. The van der Waals surface area contributed by atoms with Crippen LogP contribution in [0.4, 0.5) is 0 Å². The highest BCUT2D eigenvalue weighted by Gasteiger charge is 2.53. The summed E-state index contributed by atoms with van der Waals surface area (Å²) >= 11 is 0. The highest BCUT2D eigenvalue weighted by molar-refractivity contribution is 6.69. The highest BCUT2D eigenvalue weighted by atomic mass is 35.5. The maximum atomic E-state index is 9.89. The van der Waals surface area contributed by atoms with Gasteiger partial charge in [0.15, 0.2) is 8.32 Å². The van der Waals surface area contributed by atoms with Gasteiger partial charge in [-0.3, -0.25) is 9.97 Å². The van der Waals surface area contributed by atoms with Crippen molar-refractivity contribution in [2.24, 2.45) is 0 Å². The van der Waals surface area contributed by atoms with Gasteiger partial charge in [0.25, 0.3) is 0 Å². The van der Waals surface area contributed by atoms with Gasteiger partial charge in [-0.2, -0.15) is 0 Å². The minimum absolute atomic E-state index is 0. The van der Waals surface area contributed by atoms with Crippen LogP contribution in [0.3, 0.4) is 0 Å². The molecule has 2 fully saturated rings. The standard InChI is InChI=1S/C17H30BNO3Si.C14H22BNO3.ClH/c1-15(2,22-23(7,8)9)14-11-10-13(12-19-14)18-20-16(3,4)17(5,6)21-18;1-12(2,17)11-8-7-10(9-16-11)15-18-13(3,4)14(5,6)19-15;/h10-12H,1-9H3;7-9,17H,1-6H3;1H/i1+1,2+1,15+1;1+1,2+1,12+1;. The zero-order valence-corrected chi connectivity index (χ0v) is 30.7. The summed E-state index contributed by atoms with van der Waals surface area (Å²) in [5.41, 5.74) is 0.662. The Morgan fingerprint density at radius 1 is 0.651 bits per heavy atom. The Hall–Kier alpha value is -1.30. The fraction of sp³-hybridized carbons (Fsp3) is 0.677. The maximum Gasteiger partial charge on any atom is 0.496 e. The van der Waals surface area contributed by atoms with Crippen molar-refractivity contribution in [3.8, 4) is 0 Å². The fourth-order valence-electron chi connectivity index (χ4n) is 4.58. The lowest BCUT2D eigenvalue weighted by Gasteiger charge is -2.32. The second-order valence-corrected chi connectivity index (χ2v) is 19.8. The molecule has 1 N–H and O–H groups in total. The minimum Gasteiger partial charge on any atom is -0.407 e. The van der Waals surface area contributed by atoms with Crippen LogP contribution in [-0.4, -0.2) is 60.0 Å². The molecule has 43 heavy (non-hydrogen) atoms. The largest absolute Gasteiger partial charge is 0.496 e. The number of aliphatic hydroxyl groups is 1. The van der Waals surface area contributed by atoms with Gasteiger partial charge in [0, 0.05) is 23.3 Å². The summed E-state index contributed by atoms with van der Waals surface area (Å²) < 4.78 is 30.3. The predicted molar refractivity (Wildman–Crippen MR) is 180 cm³/mol. The Morgan fingerprint density at radius 3 is 1.23 bits per heavy atom. The molecule has 0 spiro atoms. The van der Waals surface area contributed by atoms with Gasteiger partial charge in [-0.1, -0.05) is 12.1 Å². The smallest absolute Gasteiger partial charge is 0.407 e. The van der Waals surface area contributed by atoms with Crippen LogP contribution in [0.2, 0.25) is 19.6 Å². The molecule has 8 nitrogen and oxygen atoms in total. The zero-order valence-electron chi connectivity index (χ0n) is 28.9. The van der Waals surface area contributed by atoms with E-state index in [1.807, 2.05) is 52.1 Å². The molecule has 2 saturated heterocycles. The topological polar surface area (TPSA) is 92.2 Å². The van der Waals surface area contributed by atoms with Gasteiger partial charge < -0.3 is 28.1 Å². The fourth-order valence-corrected chi connectivity index (χ4v) is 6.22. The van der Waals surface area contributed by atoms with Gasteiger partial charge in [-0.05, 0) is 115 Å². The van der Waals surface area contributed by atoms with Crippen molar-refractivity contribution in [1.29, 1.82) is 0 Å². The van der Waals surface area contributed by atoms with E-state index in [2.05, 4.69) is 71.2 Å². The first-order valence-corrected chi connectivity index (χ1v) is 18.2. The van der Waals surface area contributed by atoms with E-state index in [0.717, 1.165) is 16.6 Å². The van der Waals surface area contributed by atoms with Gasteiger partial charge >= 0.3 is 14.2 Å². The third kappa shape index (κ3) is 8.91. The second kappa shape index (κ2) is 12.5. The van der Waals surface area contributed by atoms with Crippen LogP contribution in [-0.2, 0) is 34.2 Å². The molecule has 0 saturated carbocycles. The number of aromatic nitrogens is 2. The van der Waals surface area contributed by atoms with E-state index in [1.165, 1.54) is 0 Å². The number of halogens is 1. The molecule has 0 unspecified atom stereocenters. The SMILES string of the molecule is CC1(C)OB(c2ccc([13C]([13CH3])([13CH3])O)nc2)OC1(C)C.CC1(C)OB(c2ccc([13C]([13CH3])([13CH3])O[Si](C)(C)C)nc2)OC1(C)C.Cl. The van der Waals surface area contributed by atoms with Crippen LogP contribution in [0.15, 0.2) is 36.7 Å². The van der Waals surface area contributed by atoms with Gasteiger partial charge in [-0.15, -0.1) is 12.4 Å². The number of pyridine rings is 2. The zero-order chi connectivity index (χ0) is 32.2. The molecular weight excluding hydrogens is 587 g/mol. The summed E-state index contributed by atoms with van der Waals surface area (Å²) in [7, 11) is -2.42. The van der Waals surface area contributed by atoms with Crippen LogP contribution in [0, 0.1) is 0 Å². The van der Waals surface area contributed by atoms with E-state index in [0.29, 0.717) is 5.69 Å². The minimum atomic E-state index is -1.64. The first-order chi connectivity index (χ1) is 18.8. The number of nitrogens with zero attached hydrogens (tertiary/aromatic N) is 2. The van der Waals surface area contributed by atoms with Crippen molar-refractivity contribution >= 4 is 45.9 Å². The average molecular weight is 641 g/mol. The van der Waals surface area contributed by atoms with Crippen molar-refractivity contribution in [3.63, 3.8) is 0 Å². The highest BCUT2D eigenvalue weighted by Crippen LogP contribution is 2.37. The van der Waals surface area contributed by atoms with Crippen LogP contribution < -0.4 is 10.9 Å². The van der Waals surface area contributed by atoms with E-state index in [1.54, 1.807) is 26.1 Å². The Bertz CT molecular complexity index is 1190. The van der Waals surface area contributed by atoms with Gasteiger partial charge in [0.1, 0.15) is 5.60 Å². The van der Waals surface area contributed by atoms with Crippen molar-refractivity contribution in [2.75, 3.05) is 0 Å². The molecule has 2 aromatic rings. The van der Waals surface area contributed by atoms with Crippen LogP contribution in [0.25, 0.3) is 0 Å². The summed E-state index contributed by atoms with van der Waals surface area (Å²) in [6.07, 6.45) is 3.54. The molecule has 2 aromatic heterocycles. The van der Waals surface area contributed by atoms with Crippen LogP contribution >= 0.6 is 12.4 Å². The number of rotatable bonds is 6. The van der Waals surface area contributed by atoms with Crippen LogP contribution in [0.5, 0.6) is 0 Å². The Kier molecular flexibility index (Phi) is 11.0. The molecule has 0 aromatic carbocycles. The van der Waals surface area contributed by atoms with Crippen molar-refractivity contribution in [2.45, 2.75) is 136 Å². The van der Waals surface area contributed by atoms with E-state index in [-0.39, 0.29) is 47.5 Å². The number of hydrogen-bond donors (Lipinski definition) is 1. The molecule has 0 aliphatic carbocycles. The van der Waals surface area contributed by atoms with Crippen molar-refractivity contribution in [1.82, 2.24) is 9.97 Å². The van der Waals surface area contributed by atoms with Gasteiger partial charge in [0.05, 0.1) is 39.4 Å². The number of hydrogen-bond acceptors (Lipinski definition) is 8. The summed E-state index contributed by atoms with van der Waals surface area (Å²) in [5.74, 6) is 0.